The summed E-state index contributed by atoms with van der Waals surface area (Å²) in [5, 5.41) is 18.6. The molecule has 0 amide bonds. The van der Waals surface area contributed by atoms with Gasteiger partial charge < -0.3 is 0 Å². The second-order valence-corrected chi connectivity index (χ2v) is 12.7. The molecular weight excluding hydrogens is 466 g/mol. The molecule has 3 N–H and O–H groups in total. The summed E-state index contributed by atoms with van der Waals surface area (Å²) in [7, 11) is -3.07. The van der Waals surface area contributed by atoms with Crippen LogP contribution in [0.3, 0.4) is 0 Å². The van der Waals surface area contributed by atoms with Crippen LogP contribution in [0.4, 0.5) is 10.2 Å². The average Bonchev–Trinajstić information content (AvgIpc) is 2.87. The Labute approximate surface area is 202 Å². The van der Waals surface area contributed by atoms with Crippen LogP contribution in [0.2, 0.25) is 0 Å². The van der Waals surface area contributed by atoms with Crippen molar-refractivity contribution in [1.82, 2.24) is 15.2 Å². The van der Waals surface area contributed by atoms with E-state index in [4.69, 9.17) is 0 Å². The molecule has 0 bridgehead atoms. The Kier molecular flexibility index (Phi) is 6.36. The molecule has 1 fully saturated rings. The van der Waals surface area contributed by atoms with Crippen molar-refractivity contribution in [3.05, 3.63) is 93.8 Å². The van der Waals surface area contributed by atoms with E-state index >= 15 is 0 Å². The number of aromatic amines is 1. The first-order chi connectivity index (χ1) is 16.9. The molecule has 1 atom stereocenters. The minimum atomic E-state index is -3.07. The third-order valence-electron chi connectivity index (χ3n) is 6.84. The summed E-state index contributed by atoms with van der Waals surface area (Å²) in [6, 6.07) is 15.8. The van der Waals surface area contributed by atoms with Gasteiger partial charge in [-0.05, 0) is 0 Å². The molecule has 1 unspecified atom stereocenters. The van der Waals surface area contributed by atoms with E-state index < -0.39 is 19.4 Å². The van der Waals surface area contributed by atoms with E-state index in [2.05, 4.69) is 20.1 Å². The second-order valence-electron chi connectivity index (χ2n) is 9.15. The summed E-state index contributed by atoms with van der Waals surface area (Å²) in [6.07, 6.45) is 2.37. The van der Waals surface area contributed by atoms with Crippen molar-refractivity contribution in [1.29, 1.82) is 0 Å². The van der Waals surface area contributed by atoms with Crippen molar-refractivity contribution in [3.63, 3.8) is 0 Å². The predicted octanol–water partition coefficient (Wildman–Crippen LogP) is 2.90. The fraction of sp³-hybridized carbons (Fsp3) is 0.269. The number of hydrogen-bond donors (Lipinski definition) is 3. The van der Waals surface area contributed by atoms with E-state index in [0.717, 1.165) is 16.5 Å². The number of fused-ring (bicyclic) bond motifs is 1. The van der Waals surface area contributed by atoms with Crippen LogP contribution in [-0.4, -0.2) is 50.6 Å². The van der Waals surface area contributed by atoms with Crippen molar-refractivity contribution in [2.45, 2.75) is 19.4 Å². The SMILES string of the molecule is CC(O)c1cccnc1N1CC[PH](O)(c2cc(Cc3n[nH]c(=O)c4ccccc34)ccc2F)CC1. The van der Waals surface area contributed by atoms with E-state index in [1.165, 1.54) is 6.07 Å². The summed E-state index contributed by atoms with van der Waals surface area (Å²) in [6.45, 7) is 2.78. The maximum absolute atomic E-state index is 15.0. The number of rotatable bonds is 5. The molecule has 0 saturated carbocycles. The van der Waals surface area contributed by atoms with Crippen LogP contribution < -0.4 is 15.8 Å². The molecule has 2 aromatic carbocycles. The van der Waals surface area contributed by atoms with Crippen LogP contribution in [0.5, 0.6) is 0 Å². The van der Waals surface area contributed by atoms with Gasteiger partial charge in [-0.3, -0.25) is 0 Å². The molecule has 1 saturated heterocycles. The zero-order valence-corrected chi connectivity index (χ0v) is 20.4. The molecule has 1 aliphatic rings. The number of hydrogen-bond acceptors (Lipinski definition) is 6. The number of benzene rings is 2. The topological polar surface area (TPSA) is 102 Å². The molecule has 1 aliphatic heterocycles. The number of aliphatic hydroxyl groups excluding tert-OH is 1. The minimum absolute atomic E-state index is 0.246. The van der Waals surface area contributed by atoms with Gasteiger partial charge in [-0.15, -0.1) is 0 Å². The molecule has 35 heavy (non-hydrogen) atoms. The first-order valence-electron chi connectivity index (χ1n) is 11.7. The van der Waals surface area contributed by atoms with Crippen LogP contribution >= 0.6 is 7.49 Å². The van der Waals surface area contributed by atoms with E-state index in [1.807, 2.05) is 18.2 Å². The fourth-order valence-electron chi connectivity index (χ4n) is 4.90. The van der Waals surface area contributed by atoms with Gasteiger partial charge in [0.05, 0.1) is 0 Å². The van der Waals surface area contributed by atoms with Gasteiger partial charge in [0, 0.05) is 0 Å². The van der Waals surface area contributed by atoms with Crippen LogP contribution in [0, 0.1) is 5.82 Å². The molecule has 9 heteroatoms. The zero-order chi connectivity index (χ0) is 24.6. The number of H-pyrrole nitrogens is 1. The molecule has 3 heterocycles. The van der Waals surface area contributed by atoms with Crippen LogP contribution in [-0.2, 0) is 6.42 Å². The van der Waals surface area contributed by atoms with Crippen molar-refractivity contribution in [3.8, 4) is 0 Å². The summed E-state index contributed by atoms with van der Waals surface area (Å²) in [5.74, 6) is 0.321. The Morgan fingerprint density at radius 2 is 1.86 bits per heavy atom. The van der Waals surface area contributed by atoms with Gasteiger partial charge in [0.25, 0.3) is 0 Å². The summed E-state index contributed by atoms with van der Waals surface area (Å²) in [4.78, 5) is 30.2. The van der Waals surface area contributed by atoms with Crippen LogP contribution in [0.15, 0.2) is 65.6 Å². The Hall–Kier alpha value is -3.19. The van der Waals surface area contributed by atoms with Gasteiger partial charge in [-0.25, -0.2) is 0 Å². The van der Waals surface area contributed by atoms with Crippen molar-refractivity contribution >= 4 is 29.4 Å². The molecule has 0 spiro atoms. The number of aromatic nitrogens is 3. The first-order valence-corrected chi connectivity index (χ1v) is 14.1. The second kappa shape index (κ2) is 9.46. The number of nitrogens with zero attached hydrogens (tertiary/aromatic N) is 3. The number of anilines is 1. The molecule has 5 rings (SSSR count). The molecule has 0 radical (unpaired) electrons. The van der Waals surface area contributed by atoms with E-state index in [1.54, 1.807) is 43.5 Å². The summed E-state index contributed by atoms with van der Waals surface area (Å²) < 4.78 is 15.0. The van der Waals surface area contributed by atoms with Crippen LogP contribution in [0.1, 0.15) is 29.8 Å². The van der Waals surface area contributed by atoms with Crippen LogP contribution in [0.25, 0.3) is 10.8 Å². The quantitative estimate of drug-likeness (QED) is 0.369. The average molecular weight is 495 g/mol. The van der Waals surface area contributed by atoms with Crippen molar-refractivity contribution in [2.75, 3.05) is 30.3 Å². The molecule has 0 aliphatic carbocycles. The fourth-order valence-corrected chi connectivity index (χ4v) is 7.95. The van der Waals surface area contributed by atoms with Gasteiger partial charge in [-0.1, -0.05) is 0 Å². The Morgan fingerprint density at radius 3 is 2.60 bits per heavy atom. The Bertz CT molecular complexity index is 1430. The predicted molar refractivity (Wildman–Crippen MR) is 139 cm³/mol. The number of aliphatic hydroxyl groups is 1. The van der Waals surface area contributed by atoms with E-state index in [9.17, 15) is 19.2 Å². The summed E-state index contributed by atoms with van der Waals surface area (Å²) in [5.41, 5.74) is 2.02. The zero-order valence-electron chi connectivity index (χ0n) is 19.4. The van der Waals surface area contributed by atoms with E-state index in [-0.39, 0.29) is 5.56 Å². The van der Waals surface area contributed by atoms with Gasteiger partial charge in [0.1, 0.15) is 0 Å². The van der Waals surface area contributed by atoms with E-state index in [0.29, 0.717) is 54.0 Å². The molecule has 7 nitrogen and oxygen atoms in total. The van der Waals surface area contributed by atoms with Gasteiger partial charge >= 0.3 is 203 Å². The van der Waals surface area contributed by atoms with Crippen molar-refractivity contribution < 1.29 is 14.4 Å². The monoisotopic (exact) mass is 494 g/mol. The Morgan fingerprint density at radius 1 is 1.11 bits per heavy atom. The van der Waals surface area contributed by atoms with Gasteiger partial charge in [0.2, 0.25) is 0 Å². The van der Waals surface area contributed by atoms with Crippen molar-refractivity contribution in [2.24, 2.45) is 0 Å². The number of halogens is 1. The third-order valence-corrected chi connectivity index (χ3v) is 10.3. The molecule has 182 valence electrons. The van der Waals surface area contributed by atoms with Gasteiger partial charge in [0.15, 0.2) is 0 Å². The van der Waals surface area contributed by atoms with Gasteiger partial charge in [-0.2, -0.15) is 0 Å². The third kappa shape index (κ3) is 4.57. The standard InChI is InChI=1S/C26H28FN4O3P/c1-17(32)19-7-4-10-28-25(19)31-11-13-35(34,14-12-31)24-16-18(8-9-22(24)27)15-23-20-5-2-3-6-21(20)26(33)30-29-23/h2-10,16-17,32,34-35H,11-15H2,1H3,(H,30,33). The molecular formula is C26H28FN4O3P. The Balaban J connectivity index is 1.40. The summed E-state index contributed by atoms with van der Waals surface area (Å²) >= 11 is 0. The number of pyridine rings is 1. The normalized spacial score (nSPS) is 17.3. The molecule has 2 aromatic heterocycles. The molecule has 4 aromatic rings. The first kappa shape index (κ1) is 23.5. The maximum atomic E-state index is 15.0. The number of nitrogens with one attached hydrogen (secondary N) is 1.